The van der Waals surface area contributed by atoms with Crippen molar-refractivity contribution in [1.82, 2.24) is 0 Å². The van der Waals surface area contributed by atoms with E-state index >= 15 is 0 Å². The summed E-state index contributed by atoms with van der Waals surface area (Å²) in [4.78, 5) is 0. The number of halogens is 3. The molecule has 0 spiro atoms. The molecule has 0 aromatic carbocycles. The molecule has 2 atom stereocenters. The van der Waals surface area contributed by atoms with Crippen LogP contribution in [0, 0.1) is 23.2 Å². The molecular formula is C9H10F3N. The largest absolute Gasteiger partial charge is 0.393 e. The van der Waals surface area contributed by atoms with Gasteiger partial charge in [-0.25, -0.2) is 0 Å². The third kappa shape index (κ3) is 2.24. The number of nitrogens with zero attached hydrogens (tertiary/aromatic N) is 1. The van der Waals surface area contributed by atoms with Crippen molar-refractivity contribution in [2.75, 3.05) is 0 Å². The van der Waals surface area contributed by atoms with Gasteiger partial charge in [0.15, 0.2) is 0 Å². The van der Waals surface area contributed by atoms with Gasteiger partial charge >= 0.3 is 6.18 Å². The molecule has 13 heavy (non-hydrogen) atoms. The second-order valence-corrected chi connectivity index (χ2v) is 3.38. The summed E-state index contributed by atoms with van der Waals surface area (Å²) in [7, 11) is 0. The zero-order chi connectivity index (χ0) is 10.1. The Hall–Kier alpha value is -0.980. The minimum atomic E-state index is -4.26. The fraction of sp³-hybridized carbons (Fsp3) is 0.667. The van der Waals surface area contributed by atoms with Crippen LogP contribution >= 0.6 is 0 Å². The van der Waals surface area contributed by atoms with E-state index in [0.29, 0.717) is 18.4 Å². The highest BCUT2D eigenvalue weighted by Crippen LogP contribution is 2.42. The number of alkyl halides is 3. The van der Waals surface area contributed by atoms with Gasteiger partial charge in [0, 0.05) is 0 Å². The van der Waals surface area contributed by atoms with Crippen LogP contribution in [0.1, 0.15) is 19.3 Å². The predicted molar refractivity (Wildman–Crippen MR) is 41.6 cm³/mol. The molecule has 0 aliphatic heterocycles. The van der Waals surface area contributed by atoms with E-state index in [9.17, 15) is 13.2 Å². The predicted octanol–water partition coefficient (Wildman–Crippen LogP) is 3.04. The molecule has 4 heteroatoms. The van der Waals surface area contributed by atoms with Crippen molar-refractivity contribution in [1.29, 1.82) is 5.26 Å². The van der Waals surface area contributed by atoms with E-state index in [2.05, 4.69) is 6.58 Å². The van der Waals surface area contributed by atoms with Gasteiger partial charge in [-0.2, -0.15) is 18.4 Å². The summed E-state index contributed by atoms with van der Waals surface area (Å²) < 4.78 is 37.1. The van der Waals surface area contributed by atoms with Crippen LogP contribution in [0.2, 0.25) is 0 Å². The molecule has 2 unspecified atom stereocenters. The number of allylic oxidation sites excluding steroid dienone is 1. The van der Waals surface area contributed by atoms with Gasteiger partial charge in [-0.3, -0.25) is 0 Å². The lowest BCUT2D eigenvalue weighted by Crippen LogP contribution is -2.32. The zero-order valence-corrected chi connectivity index (χ0v) is 7.06. The number of hydrogen-bond donors (Lipinski definition) is 0. The van der Waals surface area contributed by atoms with Crippen LogP contribution < -0.4 is 0 Å². The van der Waals surface area contributed by atoms with Gasteiger partial charge in [0.2, 0.25) is 0 Å². The van der Waals surface area contributed by atoms with Crippen molar-refractivity contribution in [2.45, 2.75) is 25.4 Å². The average molecular weight is 189 g/mol. The Morgan fingerprint density at radius 2 is 2.08 bits per heavy atom. The maximum atomic E-state index is 12.4. The Balaban J connectivity index is 2.78. The normalized spacial score (nSPS) is 29.8. The van der Waals surface area contributed by atoms with E-state index < -0.39 is 18.0 Å². The van der Waals surface area contributed by atoms with E-state index in [1.54, 1.807) is 6.07 Å². The highest BCUT2D eigenvalue weighted by molar-refractivity contribution is 5.07. The summed E-state index contributed by atoms with van der Waals surface area (Å²) >= 11 is 0. The highest BCUT2D eigenvalue weighted by atomic mass is 19.4. The molecule has 1 aliphatic rings. The van der Waals surface area contributed by atoms with E-state index in [4.69, 9.17) is 5.26 Å². The molecule has 0 saturated heterocycles. The fourth-order valence-corrected chi connectivity index (χ4v) is 1.61. The summed E-state index contributed by atoms with van der Waals surface area (Å²) in [5.74, 6) is -2.38. The summed E-state index contributed by atoms with van der Waals surface area (Å²) in [6.07, 6.45) is -3.50. The average Bonchev–Trinajstić information content (AvgIpc) is 2.03. The first-order chi connectivity index (χ1) is 5.95. The standard InChI is InChI=1S/C9H10F3N/c1-6-2-3-7(5-13)8(4-6)9(10,11)12/h7-8H,1-4H2. The van der Waals surface area contributed by atoms with E-state index in [1.165, 1.54) is 0 Å². The Labute approximate surface area is 74.9 Å². The maximum absolute atomic E-state index is 12.4. The molecule has 0 aromatic heterocycles. The first-order valence-electron chi connectivity index (χ1n) is 4.08. The van der Waals surface area contributed by atoms with Gasteiger partial charge in [-0.05, 0) is 19.3 Å². The van der Waals surface area contributed by atoms with Crippen molar-refractivity contribution in [3.8, 4) is 6.07 Å². The molecule has 0 aromatic rings. The summed E-state index contributed by atoms with van der Waals surface area (Å²) in [5, 5.41) is 8.53. The van der Waals surface area contributed by atoms with Crippen LogP contribution in [0.25, 0.3) is 0 Å². The van der Waals surface area contributed by atoms with Crippen molar-refractivity contribution in [2.24, 2.45) is 11.8 Å². The Kier molecular flexibility index (Phi) is 2.65. The van der Waals surface area contributed by atoms with E-state index in [0.717, 1.165) is 0 Å². The van der Waals surface area contributed by atoms with Crippen LogP contribution in [0.15, 0.2) is 12.2 Å². The van der Waals surface area contributed by atoms with Crippen molar-refractivity contribution < 1.29 is 13.2 Å². The molecule has 1 aliphatic carbocycles. The van der Waals surface area contributed by atoms with E-state index in [1.807, 2.05) is 0 Å². The number of rotatable bonds is 0. The minimum absolute atomic E-state index is 0.0816. The van der Waals surface area contributed by atoms with Crippen LogP contribution in [0.3, 0.4) is 0 Å². The Morgan fingerprint density at radius 3 is 2.54 bits per heavy atom. The molecule has 0 radical (unpaired) electrons. The van der Waals surface area contributed by atoms with Crippen LogP contribution in [-0.4, -0.2) is 6.18 Å². The zero-order valence-electron chi connectivity index (χ0n) is 7.06. The van der Waals surface area contributed by atoms with Gasteiger partial charge in [0.25, 0.3) is 0 Å². The molecule has 0 amide bonds. The van der Waals surface area contributed by atoms with Crippen LogP contribution in [0.4, 0.5) is 13.2 Å². The smallest absolute Gasteiger partial charge is 0.198 e. The minimum Gasteiger partial charge on any atom is -0.198 e. The summed E-state index contributed by atoms with van der Waals surface area (Å²) in [5.41, 5.74) is 0.605. The molecule has 72 valence electrons. The Morgan fingerprint density at radius 1 is 1.46 bits per heavy atom. The molecule has 1 saturated carbocycles. The van der Waals surface area contributed by atoms with Gasteiger partial charge in [0.05, 0.1) is 17.9 Å². The van der Waals surface area contributed by atoms with E-state index in [-0.39, 0.29) is 6.42 Å². The molecule has 0 bridgehead atoms. The monoisotopic (exact) mass is 189 g/mol. The van der Waals surface area contributed by atoms with Crippen molar-refractivity contribution in [3.05, 3.63) is 12.2 Å². The van der Waals surface area contributed by atoms with Gasteiger partial charge in [-0.1, -0.05) is 12.2 Å². The maximum Gasteiger partial charge on any atom is 0.393 e. The molecule has 1 nitrogen and oxygen atoms in total. The van der Waals surface area contributed by atoms with Crippen LogP contribution in [0.5, 0.6) is 0 Å². The quantitative estimate of drug-likeness (QED) is 0.537. The Bertz CT molecular complexity index is 249. The SMILES string of the molecule is C=C1CCC(C#N)C(C(F)(F)F)C1. The molecule has 1 rings (SSSR count). The summed E-state index contributed by atoms with van der Waals surface area (Å²) in [6.45, 7) is 3.54. The fourth-order valence-electron chi connectivity index (χ4n) is 1.61. The number of hydrogen-bond acceptors (Lipinski definition) is 1. The molecular weight excluding hydrogens is 179 g/mol. The van der Waals surface area contributed by atoms with Crippen LogP contribution in [-0.2, 0) is 0 Å². The first-order valence-corrected chi connectivity index (χ1v) is 4.08. The molecule has 0 N–H and O–H groups in total. The third-order valence-corrected chi connectivity index (χ3v) is 2.39. The van der Waals surface area contributed by atoms with Gasteiger partial charge in [-0.15, -0.1) is 0 Å². The topological polar surface area (TPSA) is 23.8 Å². The highest BCUT2D eigenvalue weighted by Gasteiger charge is 2.46. The lowest BCUT2D eigenvalue weighted by atomic mass is 9.77. The first kappa shape index (κ1) is 10.1. The lowest BCUT2D eigenvalue weighted by Gasteiger charge is -2.29. The third-order valence-electron chi connectivity index (χ3n) is 2.39. The second kappa shape index (κ2) is 3.41. The lowest BCUT2D eigenvalue weighted by molar-refractivity contribution is -0.186. The van der Waals surface area contributed by atoms with Gasteiger partial charge < -0.3 is 0 Å². The molecule has 0 heterocycles. The van der Waals surface area contributed by atoms with Crippen molar-refractivity contribution >= 4 is 0 Å². The summed E-state index contributed by atoms with van der Waals surface area (Å²) in [6, 6.07) is 1.72. The molecule has 1 fully saturated rings. The van der Waals surface area contributed by atoms with Crippen molar-refractivity contribution in [3.63, 3.8) is 0 Å². The second-order valence-electron chi connectivity index (χ2n) is 3.38. The number of nitriles is 1. The van der Waals surface area contributed by atoms with Gasteiger partial charge in [0.1, 0.15) is 0 Å².